The van der Waals surface area contributed by atoms with E-state index in [4.69, 9.17) is 10.5 Å². The molecule has 1 aliphatic heterocycles. The molecule has 106 valence electrons. The summed E-state index contributed by atoms with van der Waals surface area (Å²) in [6, 6.07) is 0.231. The second-order valence-electron chi connectivity index (χ2n) is 5.87. The average Bonchev–Trinajstić information content (AvgIpc) is 2.72. The summed E-state index contributed by atoms with van der Waals surface area (Å²) in [6.45, 7) is 7.73. The Kier molecular flexibility index (Phi) is 6.09. The van der Waals surface area contributed by atoms with Crippen LogP contribution in [-0.4, -0.2) is 43.2 Å². The summed E-state index contributed by atoms with van der Waals surface area (Å²) in [5.41, 5.74) is 5.75. The van der Waals surface area contributed by atoms with Gasteiger partial charge < -0.3 is 15.4 Å². The van der Waals surface area contributed by atoms with E-state index < -0.39 is 0 Å². The van der Waals surface area contributed by atoms with E-state index in [1.165, 1.54) is 0 Å². The maximum absolute atomic E-state index is 12.2. The highest BCUT2D eigenvalue weighted by molar-refractivity contribution is 5.76. The Morgan fingerprint density at radius 3 is 2.61 bits per heavy atom. The maximum atomic E-state index is 12.2. The fraction of sp³-hybridized carbons (Fsp3) is 0.929. The monoisotopic (exact) mass is 256 g/mol. The maximum Gasteiger partial charge on any atom is 0.222 e. The van der Waals surface area contributed by atoms with Gasteiger partial charge in [0.2, 0.25) is 5.91 Å². The van der Waals surface area contributed by atoms with Crippen LogP contribution in [0.25, 0.3) is 0 Å². The first-order valence-corrected chi connectivity index (χ1v) is 7.03. The van der Waals surface area contributed by atoms with Gasteiger partial charge in [-0.2, -0.15) is 0 Å². The number of nitrogens with two attached hydrogens (primary N) is 1. The number of rotatable bonds is 6. The molecule has 0 aliphatic carbocycles. The number of nitrogens with zero attached hydrogens (tertiary/aromatic N) is 1. The molecule has 1 saturated heterocycles. The molecule has 0 aromatic rings. The van der Waals surface area contributed by atoms with Crippen LogP contribution < -0.4 is 5.73 Å². The van der Waals surface area contributed by atoms with Crippen LogP contribution in [0.1, 0.15) is 40.0 Å². The van der Waals surface area contributed by atoms with Crippen molar-refractivity contribution in [1.82, 2.24) is 4.90 Å². The zero-order valence-corrected chi connectivity index (χ0v) is 12.2. The van der Waals surface area contributed by atoms with Crippen LogP contribution in [0.5, 0.6) is 0 Å². The number of hydrogen-bond acceptors (Lipinski definition) is 3. The van der Waals surface area contributed by atoms with Crippen LogP contribution in [-0.2, 0) is 9.53 Å². The molecule has 0 aromatic heterocycles. The Hall–Kier alpha value is -0.610. The minimum Gasteiger partial charge on any atom is -0.376 e. The Labute approximate surface area is 111 Å². The van der Waals surface area contributed by atoms with Crippen molar-refractivity contribution in [3.8, 4) is 0 Å². The third-order valence-corrected chi connectivity index (χ3v) is 3.83. The van der Waals surface area contributed by atoms with E-state index in [1.807, 2.05) is 18.9 Å². The highest BCUT2D eigenvalue weighted by Gasteiger charge is 2.31. The largest absolute Gasteiger partial charge is 0.376 e. The van der Waals surface area contributed by atoms with Crippen molar-refractivity contribution in [3.05, 3.63) is 0 Å². The minimum atomic E-state index is 0.153. The van der Waals surface area contributed by atoms with Crippen molar-refractivity contribution in [1.29, 1.82) is 0 Å². The summed E-state index contributed by atoms with van der Waals surface area (Å²) in [4.78, 5) is 14.1. The second kappa shape index (κ2) is 7.10. The highest BCUT2D eigenvalue weighted by Crippen LogP contribution is 2.21. The number of ether oxygens (including phenoxy) is 1. The molecule has 0 spiro atoms. The first kappa shape index (κ1) is 15.4. The first-order chi connectivity index (χ1) is 8.45. The molecule has 0 radical (unpaired) electrons. The lowest BCUT2D eigenvalue weighted by molar-refractivity contribution is -0.134. The number of amides is 1. The quantitative estimate of drug-likeness (QED) is 0.786. The number of carbonyl (C=O) groups is 1. The van der Waals surface area contributed by atoms with Crippen molar-refractivity contribution in [2.75, 3.05) is 20.2 Å². The van der Waals surface area contributed by atoms with Gasteiger partial charge in [-0.15, -0.1) is 0 Å². The topological polar surface area (TPSA) is 55.6 Å². The average molecular weight is 256 g/mol. The Morgan fingerprint density at radius 2 is 2.17 bits per heavy atom. The lowest BCUT2D eigenvalue weighted by Gasteiger charge is -2.28. The number of carbonyl (C=O) groups excluding carboxylic acids is 1. The fourth-order valence-electron chi connectivity index (χ4n) is 2.73. The lowest BCUT2D eigenvalue weighted by atomic mass is 9.93. The lowest BCUT2D eigenvalue weighted by Crippen LogP contribution is -2.42. The first-order valence-electron chi connectivity index (χ1n) is 7.03. The Bertz CT molecular complexity index is 269. The molecule has 3 atom stereocenters. The predicted molar refractivity (Wildman–Crippen MR) is 73.2 cm³/mol. The molecule has 1 aliphatic rings. The van der Waals surface area contributed by atoms with Gasteiger partial charge in [0.15, 0.2) is 0 Å². The molecule has 1 fully saturated rings. The summed E-state index contributed by atoms with van der Waals surface area (Å²) in [7, 11) is 1.89. The van der Waals surface area contributed by atoms with Crippen LogP contribution in [0.2, 0.25) is 0 Å². The van der Waals surface area contributed by atoms with Gasteiger partial charge in [-0.25, -0.2) is 0 Å². The van der Waals surface area contributed by atoms with Gasteiger partial charge in [0.25, 0.3) is 0 Å². The van der Waals surface area contributed by atoms with E-state index in [0.717, 1.165) is 19.4 Å². The fourth-order valence-corrected chi connectivity index (χ4v) is 2.73. The van der Waals surface area contributed by atoms with Gasteiger partial charge in [0, 0.05) is 20.1 Å². The molecule has 0 bridgehead atoms. The summed E-state index contributed by atoms with van der Waals surface area (Å²) in [6.07, 6.45) is 2.68. The van der Waals surface area contributed by atoms with Gasteiger partial charge in [0.1, 0.15) is 0 Å². The molecule has 2 N–H and O–H groups in total. The molecular weight excluding hydrogens is 228 g/mol. The van der Waals surface area contributed by atoms with Crippen molar-refractivity contribution in [2.24, 2.45) is 17.6 Å². The van der Waals surface area contributed by atoms with E-state index in [0.29, 0.717) is 24.8 Å². The van der Waals surface area contributed by atoms with E-state index in [9.17, 15) is 4.79 Å². The molecule has 1 rings (SSSR count). The van der Waals surface area contributed by atoms with E-state index in [2.05, 4.69) is 13.8 Å². The van der Waals surface area contributed by atoms with Crippen molar-refractivity contribution in [2.45, 2.75) is 52.2 Å². The molecule has 1 heterocycles. The molecule has 0 aromatic carbocycles. The van der Waals surface area contributed by atoms with E-state index >= 15 is 0 Å². The number of likely N-dealkylation sites (N-methyl/N-ethyl adjacent to an activating group) is 1. The van der Waals surface area contributed by atoms with Crippen LogP contribution in [0.4, 0.5) is 0 Å². The van der Waals surface area contributed by atoms with Gasteiger partial charge >= 0.3 is 0 Å². The summed E-state index contributed by atoms with van der Waals surface area (Å²) >= 11 is 0. The van der Waals surface area contributed by atoms with Crippen LogP contribution in [0, 0.1) is 11.8 Å². The van der Waals surface area contributed by atoms with Crippen LogP contribution in [0.3, 0.4) is 0 Å². The predicted octanol–water partition coefficient (Wildman–Crippen LogP) is 1.63. The third-order valence-electron chi connectivity index (χ3n) is 3.83. The normalized spacial score (nSPS) is 25.4. The molecule has 4 nitrogen and oxygen atoms in total. The van der Waals surface area contributed by atoms with Gasteiger partial charge in [-0.1, -0.05) is 13.8 Å². The zero-order chi connectivity index (χ0) is 13.7. The SMILES string of the molecule is CC(C)CC(CN)CC(=O)N(C)C1CCOC1C. The standard InChI is InChI=1S/C14H28N2O2/c1-10(2)7-12(9-15)8-14(17)16(4)13-5-6-18-11(13)3/h10-13H,5-9,15H2,1-4H3. The van der Waals surface area contributed by atoms with Gasteiger partial charge in [-0.05, 0) is 38.1 Å². The summed E-state index contributed by atoms with van der Waals surface area (Å²) in [5, 5.41) is 0. The molecule has 18 heavy (non-hydrogen) atoms. The van der Waals surface area contributed by atoms with Crippen molar-refractivity contribution in [3.63, 3.8) is 0 Å². The van der Waals surface area contributed by atoms with Crippen molar-refractivity contribution < 1.29 is 9.53 Å². The van der Waals surface area contributed by atoms with Crippen LogP contribution >= 0.6 is 0 Å². The minimum absolute atomic E-state index is 0.153. The highest BCUT2D eigenvalue weighted by atomic mass is 16.5. The van der Waals surface area contributed by atoms with Gasteiger partial charge in [0.05, 0.1) is 12.1 Å². The van der Waals surface area contributed by atoms with Gasteiger partial charge in [-0.3, -0.25) is 4.79 Å². The number of hydrogen-bond donors (Lipinski definition) is 1. The molecule has 4 heteroatoms. The van der Waals surface area contributed by atoms with E-state index in [1.54, 1.807) is 0 Å². The Balaban J connectivity index is 2.47. The molecule has 1 amide bonds. The van der Waals surface area contributed by atoms with E-state index in [-0.39, 0.29) is 18.1 Å². The zero-order valence-electron chi connectivity index (χ0n) is 12.2. The Morgan fingerprint density at radius 1 is 1.50 bits per heavy atom. The summed E-state index contributed by atoms with van der Waals surface area (Å²) < 4.78 is 5.51. The smallest absolute Gasteiger partial charge is 0.222 e. The van der Waals surface area contributed by atoms with Crippen LogP contribution in [0.15, 0.2) is 0 Å². The second-order valence-corrected chi connectivity index (χ2v) is 5.87. The van der Waals surface area contributed by atoms with Crippen molar-refractivity contribution >= 4 is 5.91 Å². The molecule has 3 unspecified atom stereocenters. The summed E-state index contributed by atoms with van der Waals surface area (Å²) in [5.74, 6) is 1.09. The molecular formula is C14H28N2O2. The molecule has 0 saturated carbocycles. The third kappa shape index (κ3) is 4.25.